The van der Waals surface area contributed by atoms with Crippen molar-refractivity contribution in [2.24, 2.45) is 0 Å². The third-order valence-electron chi connectivity index (χ3n) is 3.90. The summed E-state index contributed by atoms with van der Waals surface area (Å²) in [7, 11) is -3.29. The summed E-state index contributed by atoms with van der Waals surface area (Å²) in [5.41, 5.74) is 1.76. The number of hydrogen-bond acceptors (Lipinski definition) is 4. The van der Waals surface area contributed by atoms with E-state index in [0.717, 1.165) is 5.56 Å². The molecule has 1 amide bonds. The molecule has 5 nitrogen and oxygen atoms in total. The van der Waals surface area contributed by atoms with Crippen molar-refractivity contribution >= 4 is 21.4 Å². The highest BCUT2D eigenvalue weighted by atomic mass is 32.2. The van der Waals surface area contributed by atoms with Gasteiger partial charge in [0, 0.05) is 23.6 Å². The van der Waals surface area contributed by atoms with E-state index in [2.05, 4.69) is 10.3 Å². The normalized spacial score (nSPS) is 19.2. The van der Waals surface area contributed by atoms with Gasteiger partial charge in [0.15, 0.2) is 9.84 Å². The summed E-state index contributed by atoms with van der Waals surface area (Å²) < 4.78 is 24.4. The second-order valence-corrected chi connectivity index (χ2v) is 7.53. The SMILES string of the molecule is C[C@H]1CCS(=O)(=O)c2cc(C(=O)Nc3ccncc3)ccc21. The molecule has 0 saturated heterocycles. The van der Waals surface area contributed by atoms with Gasteiger partial charge in [-0.05, 0) is 42.2 Å². The van der Waals surface area contributed by atoms with Crippen LogP contribution in [-0.4, -0.2) is 25.1 Å². The van der Waals surface area contributed by atoms with E-state index in [1.54, 1.807) is 36.7 Å². The summed E-state index contributed by atoms with van der Waals surface area (Å²) in [6, 6.07) is 8.26. The number of benzene rings is 1. The maximum absolute atomic E-state index is 12.3. The fraction of sp³-hybridized carbons (Fsp3) is 0.250. The molecule has 1 aliphatic heterocycles. The molecule has 0 saturated carbocycles. The van der Waals surface area contributed by atoms with Crippen LogP contribution in [0.25, 0.3) is 0 Å². The van der Waals surface area contributed by atoms with Crippen LogP contribution in [0, 0.1) is 0 Å². The van der Waals surface area contributed by atoms with Crippen molar-refractivity contribution in [2.45, 2.75) is 24.2 Å². The predicted molar refractivity (Wildman–Crippen MR) is 83.7 cm³/mol. The Morgan fingerprint density at radius 3 is 2.68 bits per heavy atom. The van der Waals surface area contributed by atoms with Crippen molar-refractivity contribution in [1.82, 2.24) is 4.98 Å². The molecule has 0 fully saturated rings. The molecule has 1 aromatic heterocycles. The maximum Gasteiger partial charge on any atom is 0.255 e. The van der Waals surface area contributed by atoms with Crippen molar-refractivity contribution < 1.29 is 13.2 Å². The van der Waals surface area contributed by atoms with Crippen LogP contribution >= 0.6 is 0 Å². The van der Waals surface area contributed by atoms with E-state index in [4.69, 9.17) is 0 Å². The lowest BCUT2D eigenvalue weighted by Gasteiger charge is -2.22. The standard InChI is InChI=1S/C16H16N2O3S/c1-11-6-9-22(20,21)15-10-12(2-3-14(11)15)16(19)18-13-4-7-17-8-5-13/h2-5,7-8,10-11H,6,9H2,1H3,(H,17,18,19)/t11-/m0/s1. The summed E-state index contributed by atoms with van der Waals surface area (Å²) in [4.78, 5) is 16.4. The van der Waals surface area contributed by atoms with Gasteiger partial charge in [0.05, 0.1) is 10.6 Å². The largest absolute Gasteiger partial charge is 0.322 e. The molecule has 0 unspecified atom stereocenters. The Morgan fingerprint density at radius 1 is 1.23 bits per heavy atom. The van der Waals surface area contributed by atoms with Gasteiger partial charge in [-0.3, -0.25) is 9.78 Å². The highest BCUT2D eigenvalue weighted by Crippen LogP contribution is 2.34. The van der Waals surface area contributed by atoms with Crippen LogP contribution in [0.2, 0.25) is 0 Å². The molecule has 2 heterocycles. The molecular formula is C16H16N2O3S. The molecule has 114 valence electrons. The summed E-state index contributed by atoms with van der Waals surface area (Å²) in [6.45, 7) is 2.00. The number of nitrogens with zero attached hydrogens (tertiary/aromatic N) is 1. The number of pyridine rings is 1. The fourth-order valence-corrected chi connectivity index (χ4v) is 4.41. The monoisotopic (exact) mass is 316 g/mol. The van der Waals surface area contributed by atoms with Crippen LogP contribution < -0.4 is 5.32 Å². The minimum absolute atomic E-state index is 0.136. The lowest BCUT2D eigenvalue weighted by atomic mass is 9.97. The molecule has 2 aromatic rings. The average Bonchev–Trinajstić information content (AvgIpc) is 2.52. The van der Waals surface area contributed by atoms with Crippen LogP contribution in [-0.2, 0) is 9.84 Å². The predicted octanol–water partition coefficient (Wildman–Crippen LogP) is 2.61. The highest BCUT2D eigenvalue weighted by Gasteiger charge is 2.28. The Morgan fingerprint density at radius 2 is 1.95 bits per heavy atom. The van der Waals surface area contributed by atoms with E-state index in [-0.39, 0.29) is 22.5 Å². The smallest absolute Gasteiger partial charge is 0.255 e. The van der Waals surface area contributed by atoms with Crippen molar-refractivity contribution in [1.29, 1.82) is 0 Å². The van der Waals surface area contributed by atoms with Gasteiger partial charge in [-0.2, -0.15) is 0 Å². The Labute approximate surface area is 129 Å². The third-order valence-corrected chi connectivity index (χ3v) is 5.70. The first-order valence-electron chi connectivity index (χ1n) is 7.05. The number of amides is 1. The number of carbonyl (C=O) groups excluding carboxylic acids is 1. The zero-order valence-corrected chi connectivity index (χ0v) is 12.9. The van der Waals surface area contributed by atoms with Crippen LogP contribution in [0.3, 0.4) is 0 Å². The number of fused-ring (bicyclic) bond motifs is 1. The lowest BCUT2D eigenvalue weighted by molar-refractivity contribution is 0.102. The number of aromatic nitrogens is 1. The van der Waals surface area contributed by atoms with Crippen LogP contribution in [0.1, 0.15) is 35.2 Å². The van der Waals surface area contributed by atoms with Gasteiger partial charge < -0.3 is 5.32 Å². The average molecular weight is 316 g/mol. The van der Waals surface area contributed by atoms with Crippen molar-refractivity contribution in [3.63, 3.8) is 0 Å². The van der Waals surface area contributed by atoms with E-state index in [1.807, 2.05) is 6.92 Å². The van der Waals surface area contributed by atoms with Gasteiger partial charge in [0.2, 0.25) is 0 Å². The minimum atomic E-state index is -3.29. The fourth-order valence-electron chi connectivity index (χ4n) is 2.59. The molecule has 6 heteroatoms. The molecule has 0 aliphatic carbocycles. The van der Waals surface area contributed by atoms with Crippen molar-refractivity contribution in [3.8, 4) is 0 Å². The van der Waals surface area contributed by atoms with E-state index >= 15 is 0 Å². The quantitative estimate of drug-likeness (QED) is 0.924. The Bertz CT molecular complexity index is 817. The van der Waals surface area contributed by atoms with Gasteiger partial charge in [-0.15, -0.1) is 0 Å². The first-order chi connectivity index (χ1) is 10.5. The lowest BCUT2D eigenvalue weighted by Crippen LogP contribution is -2.20. The number of nitrogens with one attached hydrogen (secondary N) is 1. The molecule has 1 atom stereocenters. The molecule has 1 N–H and O–H groups in total. The van der Waals surface area contributed by atoms with E-state index in [0.29, 0.717) is 17.7 Å². The second kappa shape index (κ2) is 5.53. The number of hydrogen-bond donors (Lipinski definition) is 1. The summed E-state index contributed by atoms with van der Waals surface area (Å²) in [6.07, 6.45) is 3.78. The van der Waals surface area contributed by atoms with Crippen LogP contribution in [0.5, 0.6) is 0 Å². The Hall–Kier alpha value is -2.21. The van der Waals surface area contributed by atoms with Gasteiger partial charge >= 0.3 is 0 Å². The molecule has 22 heavy (non-hydrogen) atoms. The van der Waals surface area contributed by atoms with Crippen molar-refractivity contribution in [3.05, 3.63) is 53.9 Å². The number of carbonyl (C=O) groups is 1. The van der Waals surface area contributed by atoms with Gasteiger partial charge in [-0.1, -0.05) is 13.0 Å². The number of rotatable bonds is 2. The van der Waals surface area contributed by atoms with E-state index < -0.39 is 9.84 Å². The Balaban J connectivity index is 1.95. The summed E-state index contributed by atoms with van der Waals surface area (Å²) in [5.74, 6) is -0.00499. The van der Waals surface area contributed by atoms with E-state index in [9.17, 15) is 13.2 Å². The first-order valence-corrected chi connectivity index (χ1v) is 8.71. The zero-order chi connectivity index (χ0) is 15.7. The van der Waals surface area contributed by atoms with Crippen LogP contribution in [0.4, 0.5) is 5.69 Å². The molecule has 1 aliphatic rings. The molecular weight excluding hydrogens is 300 g/mol. The first kappa shape index (κ1) is 14.7. The van der Waals surface area contributed by atoms with Gasteiger partial charge in [-0.25, -0.2) is 8.42 Å². The highest BCUT2D eigenvalue weighted by molar-refractivity contribution is 7.91. The minimum Gasteiger partial charge on any atom is -0.322 e. The molecule has 3 rings (SSSR count). The van der Waals surface area contributed by atoms with Gasteiger partial charge in [0.1, 0.15) is 0 Å². The Kier molecular flexibility index (Phi) is 3.70. The number of anilines is 1. The molecule has 0 spiro atoms. The van der Waals surface area contributed by atoms with E-state index in [1.165, 1.54) is 6.07 Å². The second-order valence-electron chi connectivity index (χ2n) is 5.45. The van der Waals surface area contributed by atoms with Crippen molar-refractivity contribution in [2.75, 3.05) is 11.1 Å². The van der Waals surface area contributed by atoms with Crippen LogP contribution in [0.15, 0.2) is 47.6 Å². The molecule has 0 radical (unpaired) electrons. The summed E-state index contributed by atoms with van der Waals surface area (Å²) >= 11 is 0. The summed E-state index contributed by atoms with van der Waals surface area (Å²) in [5, 5.41) is 2.73. The number of sulfone groups is 1. The topological polar surface area (TPSA) is 76.1 Å². The van der Waals surface area contributed by atoms with Gasteiger partial charge in [0.25, 0.3) is 5.91 Å². The third kappa shape index (κ3) is 2.74. The molecule has 0 bridgehead atoms. The molecule has 1 aromatic carbocycles. The maximum atomic E-state index is 12.3. The zero-order valence-electron chi connectivity index (χ0n) is 12.1.